The summed E-state index contributed by atoms with van der Waals surface area (Å²) in [6, 6.07) is 15.8. The average molecular weight is 380 g/mol. The molecule has 0 aliphatic carbocycles. The van der Waals surface area contributed by atoms with E-state index in [4.69, 9.17) is 4.98 Å². The van der Waals surface area contributed by atoms with Crippen LogP contribution in [0.4, 0.5) is 4.39 Å². The van der Waals surface area contributed by atoms with Gasteiger partial charge in [0.1, 0.15) is 11.2 Å². The Morgan fingerprint density at radius 1 is 1.11 bits per heavy atom. The Morgan fingerprint density at radius 3 is 2.67 bits per heavy atom. The van der Waals surface area contributed by atoms with Crippen molar-refractivity contribution in [1.82, 2.24) is 19.3 Å². The van der Waals surface area contributed by atoms with Crippen LogP contribution in [0.2, 0.25) is 0 Å². The molecular weight excluding hydrogens is 363 g/mol. The summed E-state index contributed by atoms with van der Waals surface area (Å²) in [5, 5.41) is 5.30. The summed E-state index contributed by atoms with van der Waals surface area (Å²) in [6.07, 6.45) is 1.56. The third kappa shape index (κ3) is 3.38. The van der Waals surface area contributed by atoms with E-state index in [1.54, 1.807) is 21.5 Å². The molecule has 0 unspecified atom stereocenters. The van der Waals surface area contributed by atoms with E-state index in [2.05, 4.69) is 5.10 Å². The van der Waals surface area contributed by atoms with Crippen molar-refractivity contribution in [1.29, 1.82) is 0 Å². The van der Waals surface area contributed by atoms with Crippen LogP contribution in [-0.4, -0.2) is 19.3 Å². The minimum atomic E-state index is -0.277. The molecule has 0 aliphatic heterocycles. The molecule has 136 valence electrons. The molecule has 2 aromatic heterocycles. The standard InChI is InChI=1S/C20H17FN4OS/c1-2-24-18-17(12-22-24)19(26)25(16-9-4-3-5-10-16)20(23-18)27-13-14-7-6-8-15(21)11-14/h3-12H,2,13H2,1H3. The van der Waals surface area contributed by atoms with Crippen LogP contribution < -0.4 is 5.56 Å². The van der Waals surface area contributed by atoms with Crippen molar-refractivity contribution in [2.24, 2.45) is 0 Å². The fourth-order valence-electron chi connectivity index (χ4n) is 2.90. The first kappa shape index (κ1) is 17.5. The number of hydrogen-bond acceptors (Lipinski definition) is 4. The molecule has 4 aromatic rings. The lowest BCUT2D eigenvalue weighted by Gasteiger charge is -2.12. The molecule has 7 heteroatoms. The number of halogens is 1. The number of rotatable bonds is 5. The molecule has 0 radical (unpaired) electrons. The van der Waals surface area contributed by atoms with Crippen LogP contribution in [0, 0.1) is 5.82 Å². The smallest absolute Gasteiger partial charge is 0.268 e. The highest BCUT2D eigenvalue weighted by atomic mass is 32.2. The molecule has 0 amide bonds. The van der Waals surface area contributed by atoms with E-state index in [9.17, 15) is 9.18 Å². The van der Waals surface area contributed by atoms with Crippen LogP contribution in [0.15, 0.2) is 70.7 Å². The monoisotopic (exact) mass is 380 g/mol. The Hall–Kier alpha value is -2.93. The van der Waals surface area contributed by atoms with E-state index >= 15 is 0 Å². The van der Waals surface area contributed by atoms with Gasteiger partial charge in [-0.15, -0.1) is 0 Å². The van der Waals surface area contributed by atoms with Crippen molar-refractivity contribution >= 4 is 22.8 Å². The molecular formula is C20H17FN4OS. The minimum absolute atomic E-state index is 0.160. The van der Waals surface area contributed by atoms with Gasteiger partial charge in [-0.25, -0.2) is 14.1 Å². The maximum absolute atomic E-state index is 13.5. The largest absolute Gasteiger partial charge is 0.269 e. The molecule has 0 saturated heterocycles. The average Bonchev–Trinajstić information content (AvgIpc) is 3.10. The first-order valence-electron chi connectivity index (χ1n) is 8.58. The van der Waals surface area contributed by atoms with Crippen LogP contribution in [0.3, 0.4) is 0 Å². The summed E-state index contributed by atoms with van der Waals surface area (Å²) in [5.41, 5.74) is 1.98. The zero-order valence-electron chi connectivity index (χ0n) is 14.7. The van der Waals surface area contributed by atoms with Gasteiger partial charge in [0.25, 0.3) is 5.56 Å². The fourth-order valence-corrected chi connectivity index (χ4v) is 3.85. The van der Waals surface area contributed by atoms with E-state index in [0.29, 0.717) is 28.5 Å². The SMILES string of the molecule is CCn1ncc2c(=O)n(-c3ccccc3)c(SCc3cccc(F)c3)nc21. The van der Waals surface area contributed by atoms with Crippen LogP contribution in [0.5, 0.6) is 0 Å². The lowest BCUT2D eigenvalue weighted by molar-refractivity contribution is 0.626. The molecule has 0 atom stereocenters. The number of thioether (sulfide) groups is 1. The number of benzene rings is 2. The zero-order chi connectivity index (χ0) is 18.8. The van der Waals surface area contributed by atoms with Crippen molar-refractivity contribution in [2.75, 3.05) is 0 Å². The number of para-hydroxylation sites is 1. The fraction of sp³-hybridized carbons (Fsp3) is 0.150. The van der Waals surface area contributed by atoms with Crippen molar-refractivity contribution in [2.45, 2.75) is 24.4 Å². The summed E-state index contributed by atoms with van der Waals surface area (Å²) >= 11 is 1.40. The lowest BCUT2D eigenvalue weighted by atomic mass is 10.2. The Kier molecular flexibility index (Phi) is 4.77. The summed E-state index contributed by atoms with van der Waals surface area (Å²) in [6.45, 7) is 2.58. The molecule has 27 heavy (non-hydrogen) atoms. The predicted octanol–water partition coefficient (Wildman–Crippen LogP) is 4.03. The molecule has 0 aliphatic rings. The van der Waals surface area contributed by atoms with Crippen molar-refractivity contribution in [3.63, 3.8) is 0 Å². The molecule has 5 nitrogen and oxygen atoms in total. The number of aromatic nitrogens is 4. The second-order valence-corrected chi connectivity index (χ2v) is 6.93. The van der Waals surface area contributed by atoms with Crippen LogP contribution in [0.1, 0.15) is 12.5 Å². The Morgan fingerprint density at radius 2 is 1.93 bits per heavy atom. The van der Waals surface area contributed by atoms with Crippen LogP contribution in [-0.2, 0) is 12.3 Å². The first-order chi connectivity index (χ1) is 13.2. The van der Waals surface area contributed by atoms with Gasteiger partial charge in [0, 0.05) is 12.3 Å². The number of nitrogens with zero attached hydrogens (tertiary/aromatic N) is 4. The van der Waals surface area contributed by atoms with E-state index in [0.717, 1.165) is 11.3 Å². The third-order valence-electron chi connectivity index (χ3n) is 4.21. The quantitative estimate of drug-likeness (QED) is 0.387. The van der Waals surface area contributed by atoms with E-state index < -0.39 is 0 Å². The molecule has 0 bridgehead atoms. The van der Waals surface area contributed by atoms with Gasteiger partial charge in [0.05, 0.1) is 11.9 Å². The zero-order valence-corrected chi connectivity index (χ0v) is 15.5. The normalized spacial score (nSPS) is 11.2. The van der Waals surface area contributed by atoms with E-state index in [1.807, 2.05) is 43.3 Å². The summed E-state index contributed by atoms with van der Waals surface area (Å²) in [5.74, 6) is 0.226. The van der Waals surface area contributed by atoms with Gasteiger partial charge >= 0.3 is 0 Å². The lowest BCUT2D eigenvalue weighted by Crippen LogP contribution is -2.21. The minimum Gasteiger partial charge on any atom is -0.268 e. The van der Waals surface area contributed by atoms with E-state index in [1.165, 1.54) is 23.9 Å². The maximum atomic E-state index is 13.5. The maximum Gasteiger partial charge on any atom is 0.269 e. The van der Waals surface area contributed by atoms with Gasteiger partial charge in [-0.05, 0) is 36.8 Å². The molecule has 0 fully saturated rings. The van der Waals surface area contributed by atoms with Crippen LogP contribution >= 0.6 is 11.8 Å². The van der Waals surface area contributed by atoms with Gasteiger partial charge in [-0.3, -0.25) is 9.36 Å². The highest BCUT2D eigenvalue weighted by molar-refractivity contribution is 7.98. The Labute approximate surface area is 159 Å². The Balaban J connectivity index is 1.84. The Bertz CT molecular complexity index is 1150. The second kappa shape index (κ2) is 7.36. The van der Waals surface area contributed by atoms with Crippen molar-refractivity contribution in [3.05, 3.63) is 82.5 Å². The predicted molar refractivity (Wildman–Crippen MR) is 105 cm³/mol. The summed E-state index contributed by atoms with van der Waals surface area (Å²) in [4.78, 5) is 17.9. The van der Waals surface area contributed by atoms with Crippen LogP contribution in [0.25, 0.3) is 16.7 Å². The van der Waals surface area contributed by atoms with Gasteiger partial charge in [-0.2, -0.15) is 5.10 Å². The number of fused-ring (bicyclic) bond motifs is 1. The second-order valence-electron chi connectivity index (χ2n) is 5.99. The summed E-state index contributed by atoms with van der Waals surface area (Å²) < 4.78 is 16.8. The van der Waals surface area contributed by atoms with Gasteiger partial charge in [0.15, 0.2) is 10.8 Å². The van der Waals surface area contributed by atoms with Crippen molar-refractivity contribution in [3.8, 4) is 5.69 Å². The first-order valence-corrected chi connectivity index (χ1v) is 9.57. The molecule has 0 saturated carbocycles. The third-order valence-corrected chi connectivity index (χ3v) is 5.22. The number of aryl methyl sites for hydroxylation is 1. The number of hydrogen-bond donors (Lipinski definition) is 0. The van der Waals surface area contributed by atoms with Gasteiger partial charge in [-0.1, -0.05) is 42.1 Å². The summed E-state index contributed by atoms with van der Waals surface area (Å²) in [7, 11) is 0. The topological polar surface area (TPSA) is 52.7 Å². The molecule has 4 rings (SSSR count). The molecule has 2 heterocycles. The molecule has 0 N–H and O–H groups in total. The van der Waals surface area contributed by atoms with Crippen molar-refractivity contribution < 1.29 is 4.39 Å². The molecule has 2 aromatic carbocycles. The van der Waals surface area contributed by atoms with E-state index in [-0.39, 0.29) is 11.4 Å². The highest BCUT2D eigenvalue weighted by Gasteiger charge is 2.16. The van der Waals surface area contributed by atoms with Gasteiger partial charge < -0.3 is 0 Å². The molecule has 0 spiro atoms. The highest BCUT2D eigenvalue weighted by Crippen LogP contribution is 2.24. The van der Waals surface area contributed by atoms with Gasteiger partial charge in [0.2, 0.25) is 0 Å².